The van der Waals surface area contributed by atoms with Gasteiger partial charge in [-0.2, -0.15) is 23.5 Å². The first kappa shape index (κ1) is 11.3. The summed E-state index contributed by atoms with van der Waals surface area (Å²) in [6, 6.07) is 1.81. The quantitative estimate of drug-likeness (QED) is 0.824. The van der Waals surface area contributed by atoms with Gasteiger partial charge < -0.3 is 0 Å². The number of rotatable bonds is 2. The molecule has 0 fully saturated rings. The van der Waals surface area contributed by atoms with Gasteiger partial charge in [-0.25, -0.2) is 0 Å². The molecule has 0 atom stereocenters. The van der Waals surface area contributed by atoms with E-state index in [2.05, 4.69) is 10.2 Å². The summed E-state index contributed by atoms with van der Waals surface area (Å²) in [5.74, 6) is 0. The monoisotopic (exact) mass is 215 g/mol. The van der Waals surface area contributed by atoms with Gasteiger partial charge in [0.15, 0.2) is 5.69 Å². The lowest BCUT2D eigenvalue weighted by molar-refractivity contribution is -0.141. The molecule has 15 heavy (non-hydrogen) atoms. The second-order valence-corrected chi connectivity index (χ2v) is 2.87. The fraction of sp³-hybridized carbons (Fsp3) is 0.333. The fourth-order valence-corrected chi connectivity index (χ4v) is 1.09. The van der Waals surface area contributed by atoms with Crippen LogP contribution in [0.5, 0.6) is 0 Å². The molecule has 1 heterocycles. The van der Waals surface area contributed by atoms with Crippen molar-refractivity contribution in [2.45, 2.75) is 19.5 Å². The van der Waals surface area contributed by atoms with Crippen LogP contribution in [0, 0.1) is 18.3 Å². The number of aromatic amines is 1. The van der Waals surface area contributed by atoms with Gasteiger partial charge in [0.2, 0.25) is 0 Å². The zero-order valence-electron chi connectivity index (χ0n) is 7.89. The molecule has 1 aromatic heterocycles. The van der Waals surface area contributed by atoms with E-state index in [0.717, 1.165) is 0 Å². The number of alkyl halides is 3. The van der Waals surface area contributed by atoms with Crippen molar-refractivity contribution < 1.29 is 13.2 Å². The van der Waals surface area contributed by atoms with Crippen LogP contribution in [0.15, 0.2) is 6.08 Å². The predicted molar refractivity (Wildman–Crippen MR) is 47.6 cm³/mol. The molecule has 0 aliphatic heterocycles. The van der Waals surface area contributed by atoms with Gasteiger partial charge in [-0.3, -0.25) is 5.10 Å². The number of nitriles is 1. The van der Waals surface area contributed by atoms with E-state index in [9.17, 15) is 13.2 Å². The van der Waals surface area contributed by atoms with Crippen LogP contribution in [0.2, 0.25) is 0 Å². The summed E-state index contributed by atoms with van der Waals surface area (Å²) in [5.41, 5.74) is -0.636. The largest absolute Gasteiger partial charge is 0.435 e. The molecule has 0 saturated heterocycles. The highest BCUT2D eigenvalue weighted by molar-refractivity contribution is 5.55. The summed E-state index contributed by atoms with van der Waals surface area (Å²) in [7, 11) is 0. The summed E-state index contributed by atoms with van der Waals surface area (Å²) in [6.45, 7) is 1.49. The van der Waals surface area contributed by atoms with Crippen LogP contribution < -0.4 is 0 Å². The van der Waals surface area contributed by atoms with Crippen molar-refractivity contribution in [1.29, 1.82) is 5.26 Å². The molecule has 0 aromatic carbocycles. The molecule has 0 unspecified atom stereocenters. The van der Waals surface area contributed by atoms with Crippen LogP contribution in [-0.4, -0.2) is 10.2 Å². The van der Waals surface area contributed by atoms with E-state index in [1.54, 1.807) is 0 Å². The number of aryl methyl sites for hydroxylation is 1. The minimum atomic E-state index is -4.48. The van der Waals surface area contributed by atoms with E-state index in [0.29, 0.717) is 5.69 Å². The standard InChI is InChI=1S/C9H8F3N3/c1-6-7(4-2-3-5-13)8(15-14-6)9(10,11)12/h2,4H,3H2,1H3,(H,14,15). The number of hydrogen-bond donors (Lipinski definition) is 1. The van der Waals surface area contributed by atoms with Gasteiger partial charge in [0, 0.05) is 11.3 Å². The van der Waals surface area contributed by atoms with E-state index in [1.165, 1.54) is 19.1 Å². The molecule has 1 aromatic rings. The van der Waals surface area contributed by atoms with Crippen molar-refractivity contribution in [1.82, 2.24) is 10.2 Å². The Labute approximate surface area is 84.2 Å². The zero-order valence-corrected chi connectivity index (χ0v) is 7.89. The highest BCUT2D eigenvalue weighted by atomic mass is 19.4. The van der Waals surface area contributed by atoms with Crippen molar-refractivity contribution >= 4 is 6.08 Å². The number of nitrogens with zero attached hydrogens (tertiary/aromatic N) is 2. The Bertz CT molecular complexity index is 409. The van der Waals surface area contributed by atoms with E-state index in [4.69, 9.17) is 5.26 Å². The SMILES string of the molecule is Cc1[nH]nc(C(F)(F)F)c1C=CCC#N. The van der Waals surface area contributed by atoms with Crippen molar-refractivity contribution in [3.8, 4) is 6.07 Å². The van der Waals surface area contributed by atoms with E-state index < -0.39 is 11.9 Å². The summed E-state index contributed by atoms with van der Waals surface area (Å²) in [5, 5.41) is 13.7. The Morgan fingerprint density at radius 3 is 2.73 bits per heavy atom. The van der Waals surface area contributed by atoms with Crippen LogP contribution in [-0.2, 0) is 6.18 Å². The number of aromatic nitrogens is 2. The molecule has 0 radical (unpaired) electrons. The number of halogens is 3. The lowest BCUT2D eigenvalue weighted by Crippen LogP contribution is -2.07. The van der Waals surface area contributed by atoms with E-state index in [-0.39, 0.29) is 12.0 Å². The number of nitrogens with one attached hydrogen (secondary N) is 1. The van der Waals surface area contributed by atoms with Gasteiger partial charge in [-0.05, 0) is 6.92 Å². The minimum absolute atomic E-state index is 0.0160. The molecule has 1 N–H and O–H groups in total. The summed E-state index contributed by atoms with van der Waals surface area (Å²) >= 11 is 0. The summed E-state index contributed by atoms with van der Waals surface area (Å²) < 4.78 is 37.2. The van der Waals surface area contributed by atoms with Crippen molar-refractivity contribution in [3.05, 3.63) is 23.0 Å². The Morgan fingerprint density at radius 1 is 1.53 bits per heavy atom. The lowest BCUT2D eigenvalue weighted by atomic mass is 10.1. The molecule has 0 amide bonds. The molecule has 80 valence electrons. The predicted octanol–water partition coefficient (Wildman–Crippen LogP) is 2.66. The zero-order chi connectivity index (χ0) is 11.5. The summed E-state index contributed by atoms with van der Waals surface area (Å²) in [4.78, 5) is 0. The second-order valence-electron chi connectivity index (χ2n) is 2.87. The number of allylic oxidation sites excluding steroid dienone is 1. The van der Waals surface area contributed by atoms with Crippen molar-refractivity contribution in [2.24, 2.45) is 0 Å². The maximum absolute atomic E-state index is 12.4. The van der Waals surface area contributed by atoms with E-state index in [1.807, 2.05) is 6.07 Å². The van der Waals surface area contributed by atoms with Gasteiger partial charge in [-0.15, -0.1) is 0 Å². The normalized spacial score (nSPS) is 11.9. The third-order valence-electron chi connectivity index (χ3n) is 1.76. The van der Waals surface area contributed by atoms with Crippen LogP contribution in [0.1, 0.15) is 23.4 Å². The van der Waals surface area contributed by atoms with Gasteiger partial charge in [-0.1, -0.05) is 12.2 Å². The van der Waals surface area contributed by atoms with Crippen molar-refractivity contribution in [2.75, 3.05) is 0 Å². The van der Waals surface area contributed by atoms with Gasteiger partial charge >= 0.3 is 6.18 Å². The molecule has 6 heteroatoms. The molecular formula is C9H8F3N3. The van der Waals surface area contributed by atoms with Crippen molar-refractivity contribution in [3.63, 3.8) is 0 Å². The number of hydrogen-bond acceptors (Lipinski definition) is 2. The highest BCUT2D eigenvalue weighted by Gasteiger charge is 2.36. The minimum Gasteiger partial charge on any atom is -0.282 e. The maximum atomic E-state index is 12.4. The molecule has 3 nitrogen and oxygen atoms in total. The first-order chi connectivity index (χ1) is 6.96. The van der Waals surface area contributed by atoms with Crippen LogP contribution in [0.25, 0.3) is 6.08 Å². The Kier molecular flexibility index (Phi) is 3.14. The molecular weight excluding hydrogens is 207 g/mol. The fourth-order valence-electron chi connectivity index (χ4n) is 1.09. The first-order valence-corrected chi connectivity index (χ1v) is 4.12. The van der Waals surface area contributed by atoms with Crippen LogP contribution >= 0.6 is 0 Å². The molecule has 1 rings (SSSR count). The maximum Gasteiger partial charge on any atom is 0.435 e. The smallest absolute Gasteiger partial charge is 0.282 e. The Morgan fingerprint density at radius 2 is 2.20 bits per heavy atom. The van der Waals surface area contributed by atoms with Crippen LogP contribution in [0.4, 0.5) is 13.2 Å². The second kappa shape index (κ2) is 4.17. The lowest BCUT2D eigenvalue weighted by Gasteiger charge is -2.03. The Balaban J connectivity index is 3.06. The van der Waals surface area contributed by atoms with Gasteiger partial charge in [0.05, 0.1) is 12.5 Å². The average Bonchev–Trinajstić information content (AvgIpc) is 2.48. The molecule has 0 aliphatic carbocycles. The molecule has 0 aliphatic rings. The van der Waals surface area contributed by atoms with Gasteiger partial charge in [0.1, 0.15) is 0 Å². The molecule has 0 bridgehead atoms. The number of H-pyrrole nitrogens is 1. The van der Waals surface area contributed by atoms with E-state index >= 15 is 0 Å². The molecule has 0 spiro atoms. The Hall–Kier alpha value is -1.77. The third kappa shape index (κ3) is 2.59. The topological polar surface area (TPSA) is 52.5 Å². The third-order valence-corrected chi connectivity index (χ3v) is 1.76. The average molecular weight is 215 g/mol. The van der Waals surface area contributed by atoms with Gasteiger partial charge in [0.25, 0.3) is 0 Å². The van der Waals surface area contributed by atoms with Crippen LogP contribution in [0.3, 0.4) is 0 Å². The highest BCUT2D eigenvalue weighted by Crippen LogP contribution is 2.32. The first-order valence-electron chi connectivity index (χ1n) is 4.12. The molecule has 0 saturated carbocycles. The summed E-state index contributed by atoms with van der Waals surface area (Å²) in [6.07, 6.45) is -1.78.